The van der Waals surface area contributed by atoms with Gasteiger partial charge in [0.15, 0.2) is 0 Å². The molecule has 1 aliphatic rings. The average Bonchev–Trinajstić information content (AvgIpc) is 2.70. The van der Waals surface area contributed by atoms with Gasteiger partial charge in [0.2, 0.25) is 0 Å². The molecule has 1 heterocycles. The number of anilines is 2. The van der Waals surface area contributed by atoms with Crippen LogP contribution >= 0.6 is 0 Å². The molecule has 144 valence electrons. The highest BCUT2D eigenvalue weighted by Gasteiger charge is 2.23. The first-order valence-corrected chi connectivity index (χ1v) is 9.12. The summed E-state index contributed by atoms with van der Waals surface area (Å²) in [7, 11) is 3.18. The Labute approximate surface area is 160 Å². The van der Waals surface area contributed by atoms with Gasteiger partial charge in [-0.05, 0) is 43.2 Å². The van der Waals surface area contributed by atoms with Gasteiger partial charge in [0.05, 0.1) is 19.9 Å². The molecule has 3 rings (SSSR count). The van der Waals surface area contributed by atoms with Crippen molar-refractivity contribution in [3.05, 3.63) is 47.5 Å². The third-order valence-electron chi connectivity index (χ3n) is 4.92. The fourth-order valence-corrected chi connectivity index (χ4v) is 3.31. The number of nitrogens with one attached hydrogen (secondary N) is 1. The number of piperazine rings is 1. The quantitative estimate of drug-likeness (QED) is 0.893. The van der Waals surface area contributed by atoms with Crippen LogP contribution in [0.3, 0.4) is 0 Å². The minimum atomic E-state index is -0.112. The maximum absolute atomic E-state index is 12.7. The van der Waals surface area contributed by atoms with Crippen LogP contribution in [-0.4, -0.2) is 51.3 Å². The van der Waals surface area contributed by atoms with E-state index in [-0.39, 0.29) is 6.03 Å². The lowest BCUT2D eigenvalue weighted by atomic mass is 10.1. The first-order valence-electron chi connectivity index (χ1n) is 9.12. The molecule has 1 N–H and O–H groups in total. The molecule has 0 spiro atoms. The zero-order valence-corrected chi connectivity index (χ0v) is 16.4. The smallest absolute Gasteiger partial charge is 0.322 e. The number of hydrogen-bond acceptors (Lipinski definition) is 4. The van der Waals surface area contributed by atoms with Crippen molar-refractivity contribution in [3.63, 3.8) is 0 Å². The highest BCUT2D eigenvalue weighted by molar-refractivity contribution is 5.91. The van der Waals surface area contributed by atoms with Crippen molar-refractivity contribution in [2.75, 3.05) is 50.6 Å². The molecule has 1 aliphatic heterocycles. The van der Waals surface area contributed by atoms with Gasteiger partial charge < -0.3 is 24.6 Å². The number of nitrogens with zero attached hydrogens (tertiary/aromatic N) is 2. The van der Waals surface area contributed by atoms with Crippen LogP contribution in [0.1, 0.15) is 11.1 Å². The number of urea groups is 1. The second kappa shape index (κ2) is 8.20. The molecule has 1 fully saturated rings. The van der Waals surface area contributed by atoms with E-state index >= 15 is 0 Å². The standard InChI is InChI=1S/C21H27N3O3/c1-15-5-6-16(2)19(13-15)23-9-11-24(12-10-23)21(25)22-18-8-7-17(26-3)14-20(18)27-4/h5-8,13-14H,9-12H2,1-4H3,(H,22,25). The summed E-state index contributed by atoms with van der Waals surface area (Å²) in [5.74, 6) is 1.27. The zero-order valence-electron chi connectivity index (χ0n) is 16.4. The predicted molar refractivity (Wildman–Crippen MR) is 108 cm³/mol. The van der Waals surface area contributed by atoms with Gasteiger partial charge >= 0.3 is 6.03 Å². The first-order chi connectivity index (χ1) is 13.0. The van der Waals surface area contributed by atoms with E-state index in [4.69, 9.17) is 9.47 Å². The Kier molecular flexibility index (Phi) is 5.74. The van der Waals surface area contributed by atoms with E-state index in [1.165, 1.54) is 16.8 Å². The molecule has 6 heteroatoms. The van der Waals surface area contributed by atoms with Crippen LogP contribution in [0, 0.1) is 13.8 Å². The van der Waals surface area contributed by atoms with Crippen LogP contribution in [0.15, 0.2) is 36.4 Å². The van der Waals surface area contributed by atoms with E-state index in [9.17, 15) is 4.79 Å². The van der Waals surface area contributed by atoms with Crippen LogP contribution in [0.25, 0.3) is 0 Å². The summed E-state index contributed by atoms with van der Waals surface area (Å²) < 4.78 is 10.6. The van der Waals surface area contributed by atoms with Gasteiger partial charge in [0, 0.05) is 37.9 Å². The van der Waals surface area contributed by atoms with Crippen LogP contribution < -0.4 is 19.7 Å². The van der Waals surface area contributed by atoms with E-state index in [1.807, 2.05) is 4.90 Å². The van der Waals surface area contributed by atoms with Crippen molar-refractivity contribution >= 4 is 17.4 Å². The Morgan fingerprint density at radius 3 is 2.37 bits per heavy atom. The molecule has 0 aromatic heterocycles. The number of benzene rings is 2. The molecule has 0 atom stereocenters. The minimum absolute atomic E-state index is 0.112. The zero-order chi connectivity index (χ0) is 19.4. The van der Waals surface area contributed by atoms with Gasteiger partial charge in [0.25, 0.3) is 0 Å². The molecule has 0 bridgehead atoms. The van der Waals surface area contributed by atoms with Crippen molar-refractivity contribution < 1.29 is 14.3 Å². The third-order valence-corrected chi connectivity index (χ3v) is 4.92. The molecule has 0 radical (unpaired) electrons. The van der Waals surface area contributed by atoms with E-state index in [1.54, 1.807) is 32.4 Å². The van der Waals surface area contributed by atoms with E-state index in [0.29, 0.717) is 30.3 Å². The summed E-state index contributed by atoms with van der Waals surface area (Å²) in [6, 6.07) is 11.7. The van der Waals surface area contributed by atoms with Crippen molar-refractivity contribution in [2.24, 2.45) is 0 Å². The number of ether oxygens (including phenoxy) is 2. The lowest BCUT2D eigenvalue weighted by Crippen LogP contribution is -2.50. The van der Waals surface area contributed by atoms with Crippen molar-refractivity contribution in [1.82, 2.24) is 4.90 Å². The molecule has 27 heavy (non-hydrogen) atoms. The Hall–Kier alpha value is -2.89. The molecule has 0 saturated carbocycles. The third kappa shape index (κ3) is 4.27. The molecule has 0 aliphatic carbocycles. The predicted octanol–water partition coefficient (Wildman–Crippen LogP) is 3.67. The maximum Gasteiger partial charge on any atom is 0.322 e. The topological polar surface area (TPSA) is 54.0 Å². The SMILES string of the molecule is COc1ccc(NC(=O)N2CCN(c3cc(C)ccc3C)CC2)c(OC)c1. The summed E-state index contributed by atoms with van der Waals surface area (Å²) in [4.78, 5) is 16.8. The van der Waals surface area contributed by atoms with Crippen LogP contribution in [-0.2, 0) is 0 Å². The van der Waals surface area contributed by atoms with Crippen molar-refractivity contribution in [1.29, 1.82) is 0 Å². The maximum atomic E-state index is 12.7. The largest absolute Gasteiger partial charge is 0.497 e. The monoisotopic (exact) mass is 369 g/mol. The Bertz CT molecular complexity index is 814. The average molecular weight is 369 g/mol. The second-order valence-electron chi connectivity index (χ2n) is 6.76. The number of rotatable bonds is 4. The summed E-state index contributed by atoms with van der Waals surface area (Å²) in [6.45, 7) is 7.23. The fourth-order valence-electron chi connectivity index (χ4n) is 3.31. The Balaban J connectivity index is 1.63. The van der Waals surface area contributed by atoms with Gasteiger partial charge in [-0.2, -0.15) is 0 Å². The number of carbonyl (C=O) groups is 1. The molecule has 1 saturated heterocycles. The van der Waals surface area contributed by atoms with Crippen molar-refractivity contribution in [2.45, 2.75) is 13.8 Å². The normalized spacial score (nSPS) is 14.1. The number of amides is 2. The fraction of sp³-hybridized carbons (Fsp3) is 0.381. The van der Waals surface area contributed by atoms with Gasteiger partial charge in [-0.25, -0.2) is 4.79 Å². The lowest BCUT2D eigenvalue weighted by Gasteiger charge is -2.37. The lowest BCUT2D eigenvalue weighted by molar-refractivity contribution is 0.208. The highest BCUT2D eigenvalue weighted by atomic mass is 16.5. The van der Waals surface area contributed by atoms with Crippen molar-refractivity contribution in [3.8, 4) is 11.5 Å². The number of aryl methyl sites for hydroxylation is 2. The van der Waals surface area contributed by atoms with Crippen LogP contribution in [0.5, 0.6) is 11.5 Å². The van der Waals surface area contributed by atoms with Gasteiger partial charge in [-0.1, -0.05) is 12.1 Å². The van der Waals surface area contributed by atoms with Gasteiger partial charge in [0.1, 0.15) is 11.5 Å². The van der Waals surface area contributed by atoms with Gasteiger partial charge in [-0.15, -0.1) is 0 Å². The Morgan fingerprint density at radius 1 is 0.963 bits per heavy atom. The molecule has 0 unspecified atom stereocenters. The second-order valence-corrected chi connectivity index (χ2v) is 6.76. The summed E-state index contributed by atoms with van der Waals surface area (Å²) in [5.41, 5.74) is 4.41. The van der Waals surface area contributed by atoms with E-state index in [2.05, 4.69) is 42.3 Å². The van der Waals surface area contributed by atoms with Gasteiger partial charge in [-0.3, -0.25) is 0 Å². The van der Waals surface area contributed by atoms with E-state index < -0.39 is 0 Å². The molecular formula is C21H27N3O3. The summed E-state index contributed by atoms with van der Waals surface area (Å²) >= 11 is 0. The number of carbonyl (C=O) groups excluding carboxylic acids is 1. The number of hydrogen-bond donors (Lipinski definition) is 1. The molecule has 2 aromatic carbocycles. The van der Waals surface area contributed by atoms with Crippen LogP contribution in [0.4, 0.5) is 16.2 Å². The minimum Gasteiger partial charge on any atom is -0.497 e. The molecule has 2 amide bonds. The highest BCUT2D eigenvalue weighted by Crippen LogP contribution is 2.29. The first kappa shape index (κ1) is 18.9. The molecular weight excluding hydrogens is 342 g/mol. The molecule has 2 aromatic rings. The van der Waals surface area contributed by atoms with E-state index in [0.717, 1.165) is 13.1 Å². The summed E-state index contributed by atoms with van der Waals surface area (Å²) in [6.07, 6.45) is 0. The number of methoxy groups -OCH3 is 2. The Morgan fingerprint density at radius 2 is 1.70 bits per heavy atom. The molecule has 6 nitrogen and oxygen atoms in total. The summed E-state index contributed by atoms with van der Waals surface area (Å²) in [5, 5.41) is 2.95. The van der Waals surface area contributed by atoms with Crippen LogP contribution in [0.2, 0.25) is 0 Å².